The van der Waals surface area contributed by atoms with Crippen molar-refractivity contribution in [3.63, 3.8) is 0 Å². The van der Waals surface area contributed by atoms with Crippen molar-refractivity contribution in [2.45, 2.75) is 65.5 Å². The summed E-state index contributed by atoms with van der Waals surface area (Å²) in [5.41, 5.74) is 4.20. The van der Waals surface area contributed by atoms with Gasteiger partial charge in [0, 0.05) is 31.7 Å². The van der Waals surface area contributed by atoms with E-state index in [-0.39, 0.29) is 18.2 Å². The molecule has 2 amide bonds. The van der Waals surface area contributed by atoms with Gasteiger partial charge >= 0.3 is 0 Å². The van der Waals surface area contributed by atoms with Crippen LogP contribution in [0, 0.1) is 0 Å². The fourth-order valence-corrected chi connectivity index (χ4v) is 5.35. The lowest BCUT2D eigenvalue weighted by Gasteiger charge is -2.23. The molecule has 0 spiro atoms. The highest BCUT2D eigenvalue weighted by Gasteiger charge is 2.17. The Kier molecular flexibility index (Phi) is 13.4. The van der Waals surface area contributed by atoms with Gasteiger partial charge in [-0.05, 0) is 80.8 Å². The number of hydrogen-bond acceptors (Lipinski definition) is 6. The minimum Gasteiger partial charge on any atom is -0.493 e. The predicted octanol–water partition coefficient (Wildman–Crippen LogP) is 5.46. The van der Waals surface area contributed by atoms with Gasteiger partial charge in [0.05, 0.1) is 32.8 Å². The maximum Gasteiger partial charge on any atom is 0.234 e. The second kappa shape index (κ2) is 17.9. The largest absolute Gasteiger partial charge is 0.493 e. The number of rotatable bonds is 12. The van der Waals surface area contributed by atoms with Crippen LogP contribution in [0.3, 0.4) is 0 Å². The van der Waals surface area contributed by atoms with Crippen molar-refractivity contribution in [2.75, 3.05) is 39.5 Å². The van der Waals surface area contributed by atoms with Crippen LogP contribution in [0.5, 0.6) is 17.2 Å². The van der Waals surface area contributed by atoms with E-state index in [9.17, 15) is 9.59 Å². The number of nitrogens with one attached hydrogen (secondary N) is 2. The molecular formula is C36H47N3O5. The molecule has 0 radical (unpaired) electrons. The van der Waals surface area contributed by atoms with Crippen LogP contribution in [0.4, 0.5) is 0 Å². The molecule has 0 saturated heterocycles. The Morgan fingerprint density at radius 3 is 2.50 bits per heavy atom. The van der Waals surface area contributed by atoms with Crippen LogP contribution in [0.1, 0.15) is 61.8 Å². The first-order chi connectivity index (χ1) is 21.5. The van der Waals surface area contributed by atoms with Crippen molar-refractivity contribution in [3.8, 4) is 17.2 Å². The standard InChI is InChI=1S/C36H47N3O5/c1-3-42-33-18-15-28(23-34(33)43-4-2)14-11-20-37-35(40)24-30-16-17-32-31(22-30)26-39(25-29-12-7-5-8-13-29)27-36(41)38-19-9-6-10-21-44-32/h5,7-8,12-13,15-18,22-23H,3-4,6,9-11,14,19-21,24-27H2,1-2H3,(H,37,40)(H,38,41). The SMILES string of the molecule is CCOc1ccc(CCCNC(=O)Cc2ccc3c(c2)CN(Cc2ccccc2)CC(=O)NCCCCCO3)cc1OCC. The third-order valence-corrected chi connectivity index (χ3v) is 7.47. The van der Waals surface area contributed by atoms with E-state index in [0.29, 0.717) is 52.5 Å². The van der Waals surface area contributed by atoms with E-state index in [4.69, 9.17) is 14.2 Å². The van der Waals surface area contributed by atoms with Gasteiger partial charge in [0.1, 0.15) is 5.75 Å². The Bertz CT molecular complexity index is 1330. The first-order valence-corrected chi connectivity index (χ1v) is 16.0. The number of fused-ring (bicyclic) bond motifs is 1. The quantitative estimate of drug-likeness (QED) is 0.268. The van der Waals surface area contributed by atoms with Crippen molar-refractivity contribution in [3.05, 3.63) is 89.0 Å². The molecule has 0 unspecified atom stereocenters. The molecule has 44 heavy (non-hydrogen) atoms. The van der Waals surface area contributed by atoms with Crippen molar-refractivity contribution in [2.24, 2.45) is 0 Å². The Morgan fingerprint density at radius 1 is 0.886 bits per heavy atom. The molecule has 0 aromatic heterocycles. The maximum absolute atomic E-state index is 12.9. The predicted molar refractivity (Wildman–Crippen MR) is 173 cm³/mol. The summed E-state index contributed by atoms with van der Waals surface area (Å²) in [7, 11) is 0. The third-order valence-electron chi connectivity index (χ3n) is 7.47. The lowest BCUT2D eigenvalue weighted by Crippen LogP contribution is -2.37. The van der Waals surface area contributed by atoms with Gasteiger partial charge in [-0.15, -0.1) is 0 Å². The van der Waals surface area contributed by atoms with Crippen LogP contribution in [-0.4, -0.2) is 56.2 Å². The first kappa shape index (κ1) is 32.9. The smallest absolute Gasteiger partial charge is 0.234 e. The number of carbonyl (C=O) groups excluding carboxylic acids is 2. The molecule has 0 fully saturated rings. The molecular weight excluding hydrogens is 554 g/mol. The number of ether oxygens (including phenoxy) is 3. The Hall–Kier alpha value is -4.04. The summed E-state index contributed by atoms with van der Waals surface area (Å²) >= 11 is 0. The van der Waals surface area contributed by atoms with Gasteiger partial charge in [-0.1, -0.05) is 48.5 Å². The second-order valence-corrected chi connectivity index (χ2v) is 11.1. The molecule has 4 rings (SSSR count). The van der Waals surface area contributed by atoms with Crippen molar-refractivity contribution in [1.29, 1.82) is 0 Å². The highest BCUT2D eigenvalue weighted by molar-refractivity contribution is 5.79. The molecule has 1 heterocycles. The summed E-state index contributed by atoms with van der Waals surface area (Å²) in [4.78, 5) is 27.8. The minimum absolute atomic E-state index is 0.0160. The summed E-state index contributed by atoms with van der Waals surface area (Å²) in [5.74, 6) is 2.34. The number of hydrogen-bond donors (Lipinski definition) is 2. The highest BCUT2D eigenvalue weighted by Crippen LogP contribution is 2.29. The Morgan fingerprint density at radius 2 is 1.68 bits per heavy atom. The van der Waals surface area contributed by atoms with Gasteiger partial charge < -0.3 is 24.8 Å². The van der Waals surface area contributed by atoms with Crippen LogP contribution in [0.25, 0.3) is 0 Å². The Labute approximate surface area is 262 Å². The summed E-state index contributed by atoms with van der Waals surface area (Å²) in [6, 6.07) is 22.2. The van der Waals surface area contributed by atoms with Gasteiger partial charge in [-0.2, -0.15) is 0 Å². The van der Waals surface area contributed by atoms with Crippen LogP contribution in [0.15, 0.2) is 66.7 Å². The summed E-state index contributed by atoms with van der Waals surface area (Å²) < 4.78 is 17.6. The summed E-state index contributed by atoms with van der Waals surface area (Å²) in [6.45, 7) is 8.45. The zero-order valence-electron chi connectivity index (χ0n) is 26.2. The molecule has 0 saturated carbocycles. The third kappa shape index (κ3) is 10.9. The van der Waals surface area contributed by atoms with Crippen molar-refractivity contribution in [1.82, 2.24) is 15.5 Å². The van der Waals surface area contributed by atoms with E-state index in [1.165, 1.54) is 0 Å². The number of amides is 2. The van der Waals surface area contributed by atoms with Gasteiger partial charge in [-0.25, -0.2) is 0 Å². The van der Waals surface area contributed by atoms with Crippen LogP contribution in [-0.2, 0) is 35.5 Å². The number of aryl methyl sites for hydroxylation is 1. The molecule has 1 aliphatic rings. The minimum atomic E-state index is -0.0160. The molecule has 8 heteroatoms. The highest BCUT2D eigenvalue weighted by atomic mass is 16.5. The van der Waals surface area contributed by atoms with Crippen molar-refractivity contribution >= 4 is 11.8 Å². The molecule has 0 atom stereocenters. The Balaban J connectivity index is 1.37. The number of carbonyl (C=O) groups is 2. The van der Waals surface area contributed by atoms with Gasteiger partial charge in [0.2, 0.25) is 11.8 Å². The van der Waals surface area contributed by atoms with Gasteiger partial charge in [-0.3, -0.25) is 14.5 Å². The normalized spacial score (nSPS) is 14.5. The number of nitrogens with zero attached hydrogens (tertiary/aromatic N) is 1. The molecule has 8 nitrogen and oxygen atoms in total. The lowest BCUT2D eigenvalue weighted by molar-refractivity contribution is -0.122. The average molecular weight is 602 g/mol. The molecule has 1 aliphatic heterocycles. The molecule has 2 N–H and O–H groups in total. The topological polar surface area (TPSA) is 89.1 Å². The monoisotopic (exact) mass is 601 g/mol. The fourth-order valence-electron chi connectivity index (χ4n) is 5.35. The summed E-state index contributed by atoms with van der Waals surface area (Å²) in [5, 5.41) is 6.14. The fraction of sp³-hybridized carbons (Fsp3) is 0.444. The molecule has 3 aromatic carbocycles. The van der Waals surface area contributed by atoms with Crippen LogP contribution in [0.2, 0.25) is 0 Å². The van der Waals surface area contributed by atoms with E-state index < -0.39 is 0 Å². The molecule has 3 aromatic rings. The lowest BCUT2D eigenvalue weighted by atomic mass is 10.1. The summed E-state index contributed by atoms with van der Waals surface area (Å²) in [6.07, 6.45) is 4.78. The molecule has 0 aliphatic carbocycles. The van der Waals surface area contributed by atoms with Crippen molar-refractivity contribution < 1.29 is 23.8 Å². The zero-order chi connectivity index (χ0) is 31.0. The van der Waals surface area contributed by atoms with E-state index in [1.54, 1.807) is 0 Å². The van der Waals surface area contributed by atoms with E-state index >= 15 is 0 Å². The van der Waals surface area contributed by atoms with Gasteiger partial charge in [0.25, 0.3) is 0 Å². The molecule has 0 bridgehead atoms. The average Bonchev–Trinajstić information content (AvgIpc) is 3.02. The number of benzene rings is 3. The second-order valence-electron chi connectivity index (χ2n) is 11.1. The zero-order valence-corrected chi connectivity index (χ0v) is 26.2. The van der Waals surface area contributed by atoms with E-state index in [1.807, 2.05) is 56.3 Å². The van der Waals surface area contributed by atoms with E-state index in [0.717, 1.165) is 71.6 Å². The van der Waals surface area contributed by atoms with Crippen LogP contribution < -0.4 is 24.8 Å². The first-order valence-electron chi connectivity index (χ1n) is 16.0. The van der Waals surface area contributed by atoms with Crippen LogP contribution >= 0.6 is 0 Å². The molecule has 236 valence electrons. The van der Waals surface area contributed by atoms with E-state index in [2.05, 4.69) is 39.8 Å². The maximum atomic E-state index is 12.9. The van der Waals surface area contributed by atoms with Gasteiger partial charge in [0.15, 0.2) is 11.5 Å².